The Morgan fingerprint density at radius 2 is 2.29 bits per heavy atom. The number of para-hydroxylation sites is 1. The zero-order valence-corrected chi connectivity index (χ0v) is 9.23. The number of nitrogens with two attached hydrogens (primary N) is 2. The first-order chi connectivity index (χ1) is 8.11. The minimum atomic E-state index is -0.604. The van der Waals surface area contributed by atoms with E-state index in [0.717, 1.165) is 0 Å². The predicted molar refractivity (Wildman–Crippen MR) is 62.0 cm³/mol. The highest BCUT2D eigenvalue weighted by Crippen LogP contribution is 2.28. The number of carbonyl (C=O) groups is 1. The zero-order chi connectivity index (χ0) is 12.4. The third kappa shape index (κ3) is 2.16. The van der Waals surface area contributed by atoms with Gasteiger partial charge in [0.2, 0.25) is 5.91 Å². The van der Waals surface area contributed by atoms with Gasteiger partial charge in [0.05, 0.1) is 24.6 Å². The summed E-state index contributed by atoms with van der Waals surface area (Å²) in [6.07, 6.45) is 0. The summed E-state index contributed by atoms with van der Waals surface area (Å²) >= 11 is 0. The van der Waals surface area contributed by atoms with Crippen molar-refractivity contribution in [3.05, 3.63) is 24.0 Å². The topological polar surface area (TPSA) is 81.6 Å². The number of hydrogen-bond acceptors (Lipinski definition) is 4. The summed E-state index contributed by atoms with van der Waals surface area (Å²) in [5.74, 6) is -1.01. The standard InChI is InChI=1S/C11H14FN3O2/c12-7-2-1-3-8(10(7)13)15-4-5-17-6-9(15)11(14)16/h1-3,9H,4-6,13H2,(H2,14,16). The van der Waals surface area contributed by atoms with Crippen LogP contribution in [0.2, 0.25) is 0 Å². The van der Waals surface area contributed by atoms with Gasteiger partial charge in [0.15, 0.2) is 0 Å². The van der Waals surface area contributed by atoms with Crippen LogP contribution >= 0.6 is 0 Å². The molecule has 0 bridgehead atoms. The van der Waals surface area contributed by atoms with Gasteiger partial charge in [-0.1, -0.05) is 6.07 Å². The fourth-order valence-corrected chi connectivity index (χ4v) is 1.90. The highest BCUT2D eigenvalue weighted by Gasteiger charge is 2.29. The number of ether oxygens (including phenoxy) is 1. The first-order valence-corrected chi connectivity index (χ1v) is 5.29. The quantitative estimate of drug-likeness (QED) is 0.717. The predicted octanol–water partition coefficient (Wildman–Crippen LogP) is 0.0984. The molecule has 0 aromatic heterocycles. The molecular weight excluding hydrogens is 225 g/mol. The van der Waals surface area contributed by atoms with Crippen LogP contribution in [0.3, 0.4) is 0 Å². The largest absolute Gasteiger partial charge is 0.395 e. The van der Waals surface area contributed by atoms with Gasteiger partial charge in [-0.3, -0.25) is 4.79 Å². The lowest BCUT2D eigenvalue weighted by molar-refractivity contribution is -0.121. The minimum absolute atomic E-state index is 0.0284. The Hall–Kier alpha value is -1.82. The van der Waals surface area contributed by atoms with Crippen molar-refractivity contribution in [2.45, 2.75) is 6.04 Å². The fourth-order valence-electron chi connectivity index (χ4n) is 1.90. The minimum Gasteiger partial charge on any atom is -0.395 e. The number of hydrogen-bond donors (Lipinski definition) is 2. The van der Waals surface area contributed by atoms with Crippen LogP contribution in [0.25, 0.3) is 0 Å². The number of primary amides is 1. The molecule has 1 aromatic rings. The van der Waals surface area contributed by atoms with Crippen LogP contribution in [-0.2, 0) is 9.53 Å². The Kier molecular flexibility index (Phi) is 3.14. The van der Waals surface area contributed by atoms with E-state index in [-0.39, 0.29) is 12.3 Å². The van der Waals surface area contributed by atoms with Crippen LogP contribution in [0.4, 0.5) is 15.8 Å². The molecule has 4 N–H and O–H groups in total. The molecule has 1 saturated heterocycles. The highest BCUT2D eigenvalue weighted by atomic mass is 19.1. The second-order valence-corrected chi connectivity index (χ2v) is 3.86. The molecule has 1 fully saturated rings. The number of rotatable bonds is 2. The number of amides is 1. The van der Waals surface area contributed by atoms with Gasteiger partial charge in [-0.05, 0) is 12.1 Å². The number of nitrogen functional groups attached to an aromatic ring is 1. The number of morpholine rings is 1. The number of carbonyl (C=O) groups excluding carboxylic acids is 1. The molecule has 2 rings (SSSR count). The lowest BCUT2D eigenvalue weighted by Gasteiger charge is -2.36. The summed E-state index contributed by atoms with van der Waals surface area (Å²) < 4.78 is 18.6. The lowest BCUT2D eigenvalue weighted by atomic mass is 10.1. The number of anilines is 2. The monoisotopic (exact) mass is 239 g/mol. The number of nitrogens with zero attached hydrogens (tertiary/aromatic N) is 1. The Bertz CT molecular complexity index is 439. The fraction of sp³-hybridized carbons (Fsp3) is 0.364. The molecule has 0 radical (unpaired) electrons. The number of halogens is 1. The third-order valence-corrected chi connectivity index (χ3v) is 2.80. The summed E-state index contributed by atoms with van der Waals surface area (Å²) in [7, 11) is 0. The van der Waals surface area contributed by atoms with E-state index in [1.54, 1.807) is 17.0 Å². The molecule has 1 aromatic carbocycles. The van der Waals surface area contributed by atoms with Crippen LogP contribution in [0, 0.1) is 5.82 Å². The SMILES string of the molecule is NC(=O)C1COCCN1c1cccc(F)c1N. The smallest absolute Gasteiger partial charge is 0.242 e. The third-order valence-electron chi connectivity index (χ3n) is 2.80. The molecular formula is C11H14FN3O2. The van der Waals surface area contributed by atoms with Crippen molar-refractivity contribution in [3.8, 4) is 0 Å². The van der Waals surface area contributed by atoms with E-state index in [0.29, 0.717) is 18.8 Å². The van der Waals surface area contributed by atoms with E-state index < -0.39 is 17.8 Å². The second kappa shape index (κ2) is 4.58. The maximum Gasteiger partial charge on any atom is 0.242 e. The van der Waals surface area contributed by atoms with Gasteiger partial charge in [0, 0.05) is 6.54 Å². The van der Waals surface area contributed by atoms with Gasteiger partial charge in [0.25, 0.3) is 0 Å². The molecule has 5 nitrogen and oxygen atoms in total. The first kappa shape index (κ1) is 11.7. The van der Waals surface area contributed by atoms with Crippen molar-refractivity contribution >= 4 is 17.3 Å². The molecule has 1 amide bonds. The van der Waals surface area contributed by atoms with Crippen LogP contribution < -0.4 is 16.4 Å². The zero-order valence-electron chi connectivity index (χ0n) is 9.23. The van der Waals surface area contributed by atoms with Crippen LogP contribution in [-0.4, -0.2) is 31.7 Å². The molecule has 1 unspecified atom stereocenters. The van der Waals surface area contributed by atoms with Crippen molar-refractivity contribution in [3.63, 3.8) is 0 Å². The maximum absolute atomic E-state index is 13.4. The van der Waals surface area contributed by atoms with Crippen molar-refractivity contribution in [2.75, 3.05) is 30.4 Å². The van der Waals surface area contributed by atoms with E-state index in [4.69, 9.17) is 16.2 Å². The molecule has 6 heteroatoms. The molecule has 1 aliphatic rings. The highest BCUT2D eigenvalue weighted by molar-refractivity contribution is 5.85. The Labute approximate surface area is 98.1 Å². The van der Waals surface area contributed by atoms with Crippen molar-refractivity contribution in [2.24, 2.45) is 5.73 Å². The summed E-state index contributed by atoms with van der Waals surface area (Å²) in [6.45, 7) is 1.12. The van der Waals surface area contributed by atoms with Gasteiger partial charge in [-0.25, -0.2) is 4.39 Å². The number of benzene rings is 1. The molecule has 0 saturated carbocycles. The van der Waals surface area contributed by atoms with Crippen LogP contribution in [0.5, 0.6) is 0 Å². The van der Waals surface area contributed by atoms with Crippen LogP contribution in [0.15, 0.2) is 18.2 Å². The van der Waals surface area contributed by atoms with Gasteiger partial charge < -0.3 is 21.1 Å². The molecule has 1 atom stereocenters. The van der Waals surface area contributed by atoms with Crippen molar-refractivity contribution in [1.82, 2.24) is 0 Å². The maximum atomic E-state index is 13.4. The molecule has 92 valence electrons. The van der Waals surface area contributed by atoms with E-state index in [2.05, 4.69) is 0 Å². The molecule has 1 heterocycles. The Morgan fingerprint density at radius 1 is 1.53 bits per heavy atom. The summed E-state index contributed by atoms with van der Waals surface area (Å²) in [6, 6.07) is 3.89. The van der Waals surface area contributed by atoms with E-state index in [1.807, 2.05) is 0 Å². The van der Waals surface area contributed by atoms with E-state index in [9.17, 15) is 9.18 Å². The summed E-state index contributed by atoms with van der Waals surface area (Å²) in [4.78, 5) is 13.0. The van der Waals surface area contributed by atoms with E-state index >= 15 is 0 Å². The van der Waals surface area contributed by atoms with E-state index in [1.165, 1.54) is 6.07 Å². The second-order valence-electron chi connectivity index (χ2n) is 3.86. The van der Waals surface area contributed by atoms with Crippen molar-refractivity contribution < 1.29 is 13.9 Å². The average Bonchev–Trinajstić information content (AvgIpc) is 2.33. The Morgan fingerprint density at radius 3 is 3.00 bits per heavy atom. The molecule has 0 spiro atoms. The van der Waals surface area contributed by atoms with Crippen molar-refractivity contribution in [1.29, 1.82) is 0 Å². The Balaban J connectivity index is 2.36. The van der Waals surface area contributed by atoms with Gasteiger partial charge in [-0.2, -0.15) is 0 Å². The van der Waals surface area contributed by atoms with Gasteiger partial charge >= 0.3 is 0 Å². The molecule has 1 aliphatic heterocycles. The van der Waals surface area contributed by atoms with Gasteiger partial charge in [-0.15, -0.1) is 0 Å². The first-order valence-electron chi connectivity index (χ1n) is 5.29. The summed E-state index contributed by atoms with van der Waals surface area (Å²) in [5, 5.41) is 0. The molecule has 17 heavy (non-hydrogen) atoms. The lowest BCUT2D eigenvalue weighted by Crippen LogP contribution is -2.52. The summed E-state index contributed by atoms with van der Waals surface area (Å²) in [5.41, 5.74) is 11.5. The molecule has 0 aliphatic carbocycles. The normalized spacial score (nSPS) is 20.3. The van der Waals surface area contributed by atoms with Gasteiger partial charge in [0.1, 0.15) is 11.9 Å². The van der Waals surface area contributed by atoms with Crippen LogP contribution in [0.1, 0.15) is 0 Å². The average molecular weight is 239 g/mol.